The number of hydrogen-bond acceptors (Lipinski definition) is 4. The van der Waals surface area contributed by atoms with Gasteiger partial charge < -0.3 is 4.48 Å². The van der Waals surface area contributed by atoms with Gasteiger partial charge in [0, 0.05) is 0 Å². The number of alkyl halides is 6. The first-order chi connectivity index (χ1) is 11.5. The van der Waals surface area contributed by atoms with Crippen LogP contribution in [0.3, 0.4) is 0 Å². The van der Waals surface area contributed by atoms with E-state index in [0.29, 0.717) is 0 Å². The van der Waals surface area contributed by atoms with Crippen molar-refractivity contribution in [3.8, 4) is 0 Å². The van der Waals surface area contributed by atoms with E-state index in [4.69, 9.17) is 0 Å². The number of likely N-dealkylation sites (tertiary alicyclic amines) is 1. The van der Waals surface area contributed by atoms with E-state index in [1.54, 1.807) is 0 Å². The van der Waals surface area contributed by atoms with E-state index in [9.17, 15) is 43.2 Å². The summed E-state index contributed by atoms with van der Waals surface area (Å²) in [6.45, 7) is 2.68. The van der Waals surface area contributed by atoms with Crippen LogP contribution in [0.25, 0.3) is 0 Å². The standard InChI is InChI=1S/C10H22N.C2HF6O4PS2/c1-3-4-8-11(2)9-6-5-7-10-11;3-1(4,5)14(9,10)13-15(11,12)2(6,7)8/h3-10H2,1-2H3;13H/q+1;/p+1. The molecule has 0 aliphatic carbocycles. The number of piperidine rings is 1. The van der Waals surface area contributed by atoms with E-state index in [2.05, 4.69) is 14.0 Å². The maximum absolute atomic E-state index is 11.6. The van der Waals surface area contributed by atoms with E-state index >= 15 is 0 Å². The number of rotatable bonds is 5. The maximum atomic E-state index is 11.6. The third kappa shape index (κ3) is 8.26. The van der Waals surface area contributed by atoms with Gasteiger partial charge in [0.15, 0.2) is 0 Å². The second-order valence-corrected chi connectivity index (χ2v) is 15.6. The van der Waals surface area contributed by atoms with Gasteiger partial charge in [-0.05, 0) is 25.7 Å². The highest BCUT2D eigenvalue weighted by molar-refractivity contribution is 8.76. The van der Waals surface area contributed by atoms with E-state index in [1.165, 1.54) is 56.2 Å². The summed E-state index contributed by atoms with van der Waals surface area (Å²) >= 11 is 0. The molecule has 1 rings (SSSR count). The van der Waals surface area contributed by atoms with Gasteiger partial charge in [0.25, 0.3) is 0 Å². The Labute approximate surface area is 150 Å². The van der Waals surface area contributed by atoms with E-state index in [-0.39, 0.29) is 0 Å². The van der Waals surface area contributed by atoms with Gasteiger partial charge in [-0.3, -0.25) is 0 Å². The van der Waals surface area contributed by atoms with Crippen molar-refractivity contribution in [1.29, 1.82) is 0 Å². The van der Waals surface area contributed by atoms with Gasteiger partial charge in [0.1, 0.15) is 0 Å². The predicted octanol–water partition coefficient (Wildman–Crippen LogP) is 3.51. The molecule has 0 aromatic rings. The van der Waals surface area contributed by atoms with Crippen molar-refractivity contribution in [3.05, 3.63) is 0 Å². The minimum absolute atomic E-state index is 1.36. The molecule has 0 N–H and O–H groups in total. The van der Waals surface area contributed by atoms with Gasteiger partial charge in [0.05, 0.1) is 26.7 Å². The first-order valence-electron chi connectivity index (χ1n) is 7.78. The lowest BCUT2D eigenvalue weighted by molar-refractivity contribution is -0.914. The zero-order valence-electron chi connectivity index (χ0n) is 14.4. The third-order valence-electron chi connectivity index (χ3n) is 3.85. The first kappa shape index (κ1) is 25.9. The normalized spacial score (nSPS) is 18.8. The molecule has 0 saturated carbocycles. The Morgan fingerprint density at radius 3 is 1.54 bits per heavy atom. The molecule has 26 heavy (non-hydrogen) atoms. The molecule has 14 heteroatoms. The summed E-state index contributed by atoms with van der Waals surface area (Å²) < 4.78 is 111. The lowest BCUT2D eigenvalue weighted by atomic mass is 10.1. The molecule has 5 nitrogen and oxygen atoms in total. The van der Waals surface area contributed by atoms with Crippen molar-refractivity contribution >= 4 is 25.9 Å². The molecule has 0 amide bonds. The van der Waals surface area contributed by atoms with E-state index in [0.717, 1.165) is 0 Å². The largest absolute Gasteiger partial charge is 0.531 e. The average molecular weight is 455 g/mol. The number of hydrogen-bond donors (Lipinski definition) is 0. The molecule has 1 aliphatic heterocycles. The summed E-state index contributed by atoms with van der Waals surface area (Å²) in [4.78, 5) is 0. The molecule has 1 heterocycles. The summed E-state index contributed by atoms with van der Waals surface area (Å²) in [6.07, 6.45) is 7.16. The molecule has 1 saturated heterocycles. The van der Waals surface area contributed by atoms with Gasteiger partial charge >= 0.3 is 29.9 Å². The number of unbranched alkanes of at least 4 members (excludes halogenated alkanes) is 1. The van der Waals surface area contributed by atoms with Crippen LogP contribution in [0, 0.1) is 0 Å². The van der Waals surface area contributed by atoms with Crippen LogP contribution >= 0.6 is 6.98 Å². The smallest absolute Gasteiger partial charge is 0.326 e. The highest BCUT2D eigenvalue weighted by Gasteiger charge is 2.61. The second-order valence-electron chi connectivity index (χ2n) is 6.28. The molecule has 0 unspecified atom stereocenters. The molecule has 0 radical (unpaired) electrons. The molecular formula is C12H24F6NO4PS2+2. The van der Waals surface area contributed by atoms with Gasteiger partial charge in [-0.1, -0.05) is 13.3 Å². The molecule has 1 fully saturated rings. The highest BCUT2D eigenvalue weighted by atomic mass is 33.1. The Morgan fingerprint density at radius 2 is 1.23 bits per heavy atom. The van der Waals surface area contributed by atoms with Crippen molar-refractivity contribution in [2.45, 2.75) is 50.0 Å². The Bertz CT molecular complexity index is 598. The minimum Gasteiger partial charge on any atom is -0.326 e. The van der Waals surface area contributed by atoms with Crippen LogP contribution < -0.4 is 0 Å². The van der Waals surface area contributed by atoms with Crippen molar-refractivity contribution < 1.29 is 47.7 Å². The minimum atomic E-state index is -6.26. The van der Waals surface area contributed by atoms with Gasteiger partial charge in [-0.15, -0.1) is 0 Å². The third-order valence-corrected chi connectivity index (χ3v) is 13.3. The van der Waals surface area contributed by atoms with Gasteiger partial charge in [-0.2, -0.15) is 43.2 Å². The van der Waals surface area contributed by atoms with Crippen molar-refractivity contribution in [2.24, 2.45) is 0 Å². The van der Waals surface area contributed by atoms with Crippen LogP contribution in [0.2, 0.25) is 0 Å². The van der Waals surface area contributed by atoms with Crippen LogP contribution in [0.15, 0.2) is 0 Å². The van der Waals surface area contributed by atoms with Crippen LogP contribution in [0.4, 0.5) is 26.3 Å². The van der Waals surface area contributed by atoms with Crippen molar-refractivity contribution in [2.75, 3.05) is 26.7 Å². The quantitative estimate of drug-likeness (QED) is 0.362. The average Bonchev–Trinajstić information content (AvgIpc) is 2.43. The first-order valence-corrected chi connectivity index (χ1v) is 13.7. The predicted molar refractivity (Wildman–Crippen MR) is 89.2 cm³/mol. The summed E-state index contributed by atoms with van der Waals surface area (Å²) in [7, 11) is -10.1. The number of quaternary nitrogens is 1. The molecule has 0 aromatic heterocycles. The molecule has 0 bridgehead atoms. The molecule has 0 aromatic carbocycles. The second kappa shape index (κ2) is 9.38. The summed E-state index contributed by atoms with van der Waals surface area (Å²) in [5.74, 6) is 0. The van der Waals surface area contributed by atoms with Crippen molar-refractivity contribution in [1.82, 2.24) is 0 Å². The van der Waals surface area contributed by atoms with Gasteiger partial charge in [-0.25, -0.2) is 0 Å². The van der Waals surface area contributed by atoms with Crippen LogP contribution in [0.5, 0.6) is 0 Å². The van der Waals surface area contributed by atoms with Crippen molar-refractivity contribution in [3.63, 3.8) is 0 Å². The summed E-state index contributed by atoms with van der Waals surface area (Å²) in [5, 5.41) is 0. The Hall–Kier alpha value is -0.130. The van der Waals surface area contributed by atoms with Gasteiger partial charge in [0.2, 0.25) is 6.98 Å². The monoisotopic (exact) mass is 455 g/mol. The fourth-order valence-electron chi connectivity index (χ4n) is 2.31. The number of halogens is 6. The maximum Gasteiger partial charge on any atom is 0.531 e. The Balaban J connectivity index is 0.000000502. The Kier molecular flexibility index (Phi) is 9.33. The summed E-state index contributed by atoms with van der Waals surface area (Å²) in [5.41, 5.74) is -12.0. The van der Waals surface area contributed by atoms with Crippen LogP contribution in [0.1, 0.15) is 39.0 Å². The van der Waals surface area contributed by atoms with Crippen LogP contribution in [-0.4, -0.2) is 59.0 Å². The molecule has 0 atom stereocenters. The lowest BCUT2D eigenvalue weighted by Gasteiger charge is -2.37. The number of nitrogens with zero attached hydrogens (tertiary/aromatic N) is 1. The van der Waals surface area contributed by atoms with Crippen LogP contribution in [-0.2, 0) is 18.9 Å². The fourth-order valence-corrected chi connectivity index (χ4v) is 9.49. The zero-order chi connectivity index (χ0) is 20.9. The fraction of sp³-hybridized carbons (Fsp3) is 1.00. The molecule has 1 aliphatic rings. The molecule has 158 valence electrons. The SMILES string of the molecule is CCCC[N+]1(C)CCCCC1.O=S(=O)([PH2+]S(=O)(=O)C(F)(F)F)C(F)(F)F. The lowest BCUT2D eigenvalue weighted by Crippen LogP contribution is -2.48. The van der Waals surface area contributed by atoms with E-state index < -0.39 is 36.9 Å². The zero-order valence-corrected chi connectivity index (χ0v) is 17.2. The summed E-state index contributed by atoms with van der Waals surface area (Å²) in [6, 6.07) is 0. The highest BCUT2D eigenvalue weighted by Crippen LogP contribution is 2.46. The topological polar surface area (TPSA) is 68.3 Å². The Morgan fingerprint density at radius 1 is 0.846 bits per heavy atom. The molecular weight excluding hydrogens is 431 g/mol. The van der Waals surface area contributed by atoms with E-state index in [1.807, 2.05) is 0 Å². The molecule has 0 spiro atoms.